The van der Waals surface area contributed by atoms with Crippen LogP contribution in [0.15, 0.2) is 17.5 Å². The fourth-order valence-corrected chi connectivity index (χ4v) is 5.27. The number of amides is 2. The summed E-state index contributed by atoms with van der Waals surface area (Å²) in [5.41, 5.74) is 0. The van der Waals surface area contributed by atoms with Crippen molar-refractivity contribution in [2.75, 3.05) is 0 Å². The Morgan fingerprint density at radius 3 is 2.77 bits per heavy atom. The molecule has 1 aromatic rings. The van der Waals surface area contributed by atoms with Gasteiger partial charge < -0.3 is 15.3 Å². The van der Waals surface area contributed by atoms with Gasteiger partial charge in [0.15, 0.2) is 0 Å². The first-order chi connectivity index (χ1) is 10.3. The Balaban J connectivity index is 1.67. The van der Waals surface area contributed by atoms with Gasteiger partial charge in [0.25, 0.3) is 0 Å². The van der Waals surface area contributed by atoms with Gasteiger partial charge in [0.1, 0.15) is 17.5 Å². The summed E-state index contributed by atoms with van der Waals surface area (Å²) in [4.78, 5) is 38.0. The topological polar surface area (TPSA) is 86.7 Å². The quantitative estimate of drug-likeness (QED) is 0.796. The molecule has 0 spiro atoms. The normalized spacial score (nSPS) is 28.9. The zero-order valence-corrected chi connectivity index (χ0v) is 13.7. The smallest absolute Gasteiger partial charge is 0.327 e. The first kappa shape index (κ1) is 15.4. The molecule has 0 aromatic carbocycles. The number of β-lactam (4-membered cyclic amide) rings is 1. The van der Waals surface area contributed by atoms with E-state index in [1.807, 2.05) is 31.4 Å². The number of aliphatic carboxylic acids is 1. The van der Waals surface area contributed by atoms with Gasteiger partial charge in [-0.3, -0.25) is 9.59 Å². The summed E-state index contributed by atoms with van der Waals surface area (Å²) in [5, 5.41) is 13.7. The molecule has 0 radical (unpaired) electrons. The van der Waals surface area contributed by atoms with Gasteiger partial charge in [-0.05, 0) is 25.3 Å². The summed E-state index contributed by atoms with van der Waals surface area (Å²) in [6.07, 6.45) is 0.241. The fraction of sp³-hybridized carbons (Fsp3) is 0.500. The standard InChI is InChI=1S/C14H16N2O4S2/c1-14(2)10(13(19)20)16-11(18)9(12(16)22-14)15-8(17)6-7-4-3-5-21-7/h3-5,9-10,12H,6H2,1-2H3,(H,15,17)(H,19,20). The first-order valence-corrected chi connectivity index (χ1v) is 8.62. The maximum absolute atomic E-state index is 12.2. The molecule has 3 heterocycles. The van der Waals surface area contributed by atoms with Gasteiger partial charge in [-0.1, -0.05) is 6.07 Å². The Morgan fingerprint density at radius 1 is 1.45 bits per heavy atom. The molecule has 0 bridgehead atoms. The molecule has 6 nitrogen and oxygen atoms in total. The molecule has 2 aliphatic rings. The van der Waals surface area contributed by atoms with Gasteiger partial charge in [-0.15, -0.1) is 23.1 Å². The summed E-state index contributed by atoms with van der Waals surface area (Å²) in [6, 6.07) is 2.27. The van der Waals surface area contributed by atoms with Crippen molar-refractivity contribution in [3.05, 3.63) is 22.4 Å². The Hall–Kier alpha value is -1.54. The van der Waals surface area contributed by atoms with Crippen LogP contribution in [0.5, 0.6) is 0 Å². The Labute approximate surface area is 135 Å². The van der Waals surface area contributed by atoms with Gasteiger partial charge in [0.05, 0.1) is 6.42 Å². The predicted molar refractivity (Wildman–Crippen MR) is 83.7 cm³/mol. The van der Waals surface area contributed by atoms with Crippen LogP contribution < -0.4 is 5.32 Å². The highest BCUT2D eigenvalue weighted by Gasteiger charge is 2.64. The van der Waals surface area contributed by atoms with Crippen molar-refractivity contribution in [3.63, 3.8) is 0 Å². The van der Waals surface area contributed by atoms with Crippen molar-refractivity contribution >= 4 is 40.9 Å². The second-order valence-electron chi connectivity index (χ2n) is 5.90. The second-order valence-corrected chi connectivity index (χ2v) is 8.70. The molecule has 3 atom stereocenters. The van der Waals surface area contributed by atoms with E-state index in [2.05, 4.69) is 5.32 Å². The van der Waals surface area contributed by atoms with Crippen molar-refractivity contribution in [3.8, 4) is 0 Å². The van der Waals surface area contributed by atoms with Crippen LogP contribution >= 0.6 is 23.1 Å². The summed E-state index contributed by atoms with van der Waals surface area (Å²) in [7, 11) is 0. The minimum atomic E-state index is -1.00. The number of thioether (sulfide) groups is 1. The van der Waals surface area contributed by atoms with Crippen LogP contribution in [0.3, 0.4) is 0 Å². The van der Waals surface area contributed by atoms with E-state index in [0.717, 1.165) is 4.88 Å². The largest absolute Gasteiger partial charge is 0.480 e. The van der Waals surface area contributed by atoms with Crippen LogP contribution in [0.2, 0.25) is 0 Å². The van der Waals surface area contributed by atoms with Crippen LogP contribution in [-0.4, -0.2) is 50.0 Å². The van der Waals surface area contributed by atoms with Crippen LogP contribution in [-0.2, 0) is 20.8 Å². The van der Waals surface area contributed by atoms with Crippen molar-refractivity contribution in [2.45, 2.75) is 42.5 Å². The molecule has 2 fully saturated rings. The number of hydrogen-bond donors (Lipinski definition) is 2. The lowest BCUT2D eigenvalue weighted by atomic mass is 9.96. The monoisotopic (exact) mass is 340 g/mol. The van der Waals surface area contributed by atoms with Crippen LogP contribution in [0.4, 0.5) is 0 Å². The van der Waals surface area contributed by atoms with Gasteiger partial charge in [-0.2, -0.15) is 0 Å². The minimum absolute atomic E-state index is 0.211. The Morgan fingerprint density at radius 2 is 2.18 bits per heavy atom. The lowest BCUT2D eigenvalue weighted by molar-refractivity contribution is -0.161. The van der Waals surface area contributed by atoms with E-state index in [-0.39, 0.29) is 23.6 Å². The van der Waals surface area contributed by atoms with E-state index in [1.165, 1.54) is 28.0 Å². The highest BCUT2D eigenvalue weighted by atomic mass is 32.2. The lowest BCUT2D eigenvalue weighted by Gasteiger charge is -2.43. The first-order valence-electron chi connectivity index (χ1n) is 6.86. The minimum Gasteiger partial charge on any atom is -0.480 e. The average Bonchev–Trinajstić information content (AvgIpc) is 3.00. The summed E-state index contributed by atoms with van der Waals surface area (Å²) >= 11 is 2.92. The number of fused-ring (bicyclic) bond motifs is 1. The molecule has 8 heteroatoms. The number of hydrogen-bond acceptors (Lipinski definition) is 5. The SMILES string of the molecule is CC1(C)SC2C(NC(=O)Cc3cccs3)C(=O)N2C1C(=O)O. The molecule has 0 saturated carbocycles. The summed E-state index contributed by atoms with van der Waals surface area (Å²) < 4.78 is -0.570. The molecule has 3 rings (SSSR count). The molecule has 3 unspecified atom stereocenters. The van der Waals surface area contributed by atoms with Crippen LogP contribution in [0.25, 0.3) is 0 Å². The molecule has 2 N–H and O–H groups in total. The third-order valence-electron chi connectivity index (χ3n) is 3.91. The highest BCUT2D eigenvalue weighted by molar-refractivity contribution is 8.01. The van der Waals surface area contributed by atoms with Crippen molar-refractivity contribution < 1.29 is 19.5 Å². The third kappa shape index (κ3) is 2.40. The highest BCUT2D eigenvalue weighted by Crippen LogP contribution is 2.50. The van der Waals surface area contributed by atoms with Crippen molar-refractivity contribution in [2.24, 2.45) is 0 Å². The average molecular weight is 340 g/mol. The molecule has 2 saturated heterocycles. The van der Waals surface area contributed by atoms with E-state index < -0.39 is 22.8 Å². The predicted octanol–water partition coefficient (Wildman–Crippen LogP) is 0.922. The molecular weight excluding hydrogens is 324 g/mol. The van der Waals surface area contributed by atoms with Gasteiger partial charge in [0, 0.05) is 9.62 Å². The van der Waals surface area contributed by atoms with E-state index in [1.54, 1.807) is 0 Å². The van der Waals surface area contributed by atoms with Gasteiger partial charge in [0.2, 0.25) is 11.8 Å². The third-order valence-corrected chi connectivity index (χ3v) is 6.35. The number of thiophene rings is 1. The Kier molecular flexibility index (Phi) is 3.68. The maximum atomic E-state index is 12.2. The zero-order valence-electron chi connectivity index (χ0n) is 12.1. The molecule has 1 aromatic heterocycles. The van der Waals surface area contributed by atoms with Crippen LogP contribution in [0.1, 0.15) is 18.7 Å². The maximum Gasteiger partial charge on any atom is 0.327 e. The van der Waals surface area contributed by atoms with E-state index >= 15 is 0 Å². The van der Waals surface area contributed by atoms with Crippen molar-refractivity contribution in [1.82, 2.24) is 10.2 Å². The lowest BCUT2D eigenvalue weighted by Crippen LogP contribution is -2.70. The Bertz CT molecular complexity index is 629. The molecule has 2 aliphatic heterocycles. The van der Waals surface area contributed by atoms with E-state index in [0.29, 0.717) is 0 Å². The molecule has 0 aliphatic carbocycles. The van der Waals surface area contributed by atoms with E-state index in [9.17, 15) is 19.5 Å². The molecule has 22 heavy (non-hydrogen) atoms. The summed E-state index contributed by atoms with van der Waals surface area (Å²) in [5.74, 6) is -1.52. The van der Waals surface area contributed by atoms with E-state index in [4.69, 9.17) is 0 Å². The number of carboxylic acids is 1. The fourth-order valence-electron chi connectivity index (χ4n) is 2.94. The number of carbonyl (C=O) groups excluding carboxylic acids is 2. The second kappa shape index (κ2) is 5.27. The van der Waals surface area contributed by atoms with Crippen molar-refractivity contribution in [1.29, 1.82) is 0 Å². The van der Waals surface area contributed by atoms with Crippen LogP contribution in [0, 0.1) is 0 Å². The molecule has 118 valence electrons. The number of rotatable bonds is 4. The summed E-state index contributed by atoms with van der Waals surface area (Å²) in [6.45, 7) is 3.62. The zero-order chi connectivity index (χ0) is 16.1. The number of nitrogens with zero attached hydrogens (tertiary/aromatic N) is 1. The number of carbonyl (C=O) groups is 3. The number of carboxylic acid groups (broad SMARTS) is 1. The number of nitrogens with one attached hydrogen (secondary N) is 1. The molecule has 2 amide bonds. The molecular formula is C14H16N2O4S2. The van der Waals surface area contributed by atoms with Gasteiger partial charge >= 0.3 is 5.97 Å². The van der Waals surface area contributed by atoms with Gasteiger partial charge in [-0.25, -0.2) is 4.79 Å².